The smallest absolute Gasteiger partial charge is 0.198 e. The van der Waals surface area contributed by atoms with Crippen LogP contribution in [-0.2, 0) is 0 Å². The van der Waals surface area contributed by atoms with E-state index in [2.05, 4.69) is 4.98 Å². The number of aryl methyl sites for hydroxylation is 1. The van der Waals surface area contributed by atoms with Crippen molar-refractivity contribution in [1.29, 1.82) is 5.39 Å². The third-order valence-corrected chi connectivity index (χ3v) is 1.21. The Kier molecular flexibility index (Phi) is 1.63. The highest BCUT2D eigenvalue weighted by Crippen LogP contribution is 2.17. The summed E-state index contributed by atoms with van der Waals surface area (Å²) in [5, 5.41) is 8.23. The molecule has 1 aromatic carbocycles. The van der Waals surface area contributed by atoms with Gasteiger partial charge in [0.25, 0.3) is 0 Å². The lowest BCUT2D eigenvalue weighted by molar-refractivity contribution is 0.633. The molecule has 0 radical (unpaired) electrons. The minimum absolute atomic E-state index is 0.0139. The highest BCUT2D eigenvalue weighted by Gasteiger charge is 2.11. The third-order valence-electron chi connectivity index (χ3n) is 1.21. The van der Waals surface area contributed by atoms with Crippen LogP contribution in [-0.4, -0.2) is 0 Å². The average molecular weight is 137 g/mol. The van der Waals surface area contributed by atoms with Crippen molar-refractivity contribution < 1.29 is 4.39 Å². The predicted octanol–water partition coefficient (Wildman–Crippen LogP) is 2.62. The molecule has 0 saturated carbocycles. The van der Waals surface area contributed by atoms with Crippen molar-refractivity contribution in [2.45, 2.75) is 6.92 Å². The number of halogens is 1. The summed E-state index contributed by atoms with van der Waals surface area (Å²) >= 11 is 0. The Morgan fingerprint density at radius 1 is 1.50 bits per heavy atom. The van der Waals surface area contributed by atoms with E-state index in [0.29, 0.717) is 0 Å². The van der Waals surface area contributed by atoms with Crippen LogP contribution in [0, 0.1) is 18.1 Å². The van der Waals surface area contributed by atoms with Crippen molar-refractivity contribution in [3.05, 3.63) is 34.6 Å². The number of nitrogens with zero attached hydrogens (tertiary/aromatic N) is 2. The first-order valence-corrected chi connectivity index (χ1v) is 2.85. The first kappa shape index (κ1) is 6.69. The largest absolute Gasteiger partial charge is 0.420 e. The van der Waals surface area contributed by atoms with Crippen LogP contribution >= 0.6 is 0 Å². The second kappa shape index (κ2) is 2.44. The molecule has 0 heterocycles. The highest BCUT2D eigenvalue weighted by molar-refractivity contribution is 5.46. The Morgan fingerprint density at radius 3 is 2.70 bits per heavy atom. The van der Waals surface area contributed by atoms with Gasteiger partial charge in [-0.15, -0.1) is 0 Å². The van der Waals surface area contributed by atoms with Crippen LogP contribution in [0.15, 0.2) is 18.2 Å². The van der Waals surface area contributed by atoms with Gasteiger partial charge < -0.3 is 0 Å². The minimum Gasteiger partial charge on any atom is -0.198 e. The molecule has 0 amide bonds. The van der Waals surface area contributed by atoms with Crippen LogP contribution in [0.3, 0.4) is 0 Å². The zero-order valence-electron chi connectivity index (χ0n) is 5.50. The molecule has 1 rings (SSSR count). The Bertz CT molecular complexity index is 288. The topological polar surface area (TPSA) is 28.1 Å². The van der Waals surface area contributed by atoms with Gasteiger partial charge in [0.05, 0.1) is 0 Å². The first-order chi connectivity index (χ1) is 4.74. The first-order valence-electron chi connectivity index (χ1n) is 2.85. The van der Waals surface area contributed by atoms with Crippen molar-refractivity contribution >= 4 is 5.69 Å². The van der Waals surface area contributed by atoms with Crippen LogP contribution < -0.4 is 0 Å². The van der Waals surface area contributed by atoms with Gasteiger partial charge in [-0.3, -0.25) is 0 Å². The molecule has 0 aliphatic rings. The van der Waals surface area contributed by atoms with E-state index in [0.717, 1.165) is 5.56 Å². The minimum atomic E-state index is -0.506. The number of hydrogen-bond acceptors (Lipinski definition) is 1. The lowest BCUT2D eigenvalue weighted by atomic mass is 10.2. The van der Waals surface area contributed by atoms with Crippen LogP contribution in [0.25, 0.3) is 4.98 Å². The summed E-state index contributed by atoms with van der Waals surface area (Å²) in [6.07, 6.45) is 0. The lowest BCUT2D eigenvalue weighted by Crippen LogP contribution is -1.74. The normalized spacial score (nSPS) is 8.90. The fourth-order valence-electron chi connectivity index (χ4n) is 0.699. The fraction of sp³-hybridized carbons (Fsp3) is 0.143. The van der Waals surface area contributed by atoms with E-state index in [1.807, 2.05) is 0 Å². The van der Waals surface area contributed by atoms with Gasteiger partial charge in [-0.2, -0.15) is 4.39 Å². The van der Waals surface area contributed by atoms with Gasteiger partial charge in [-0.1, -0.05) is 6.07 Å². The molecule has 2 nitrogen and oxygen atoms in total. The molecule has 0 N–H and O–H groups in total. The van der Waals surface area contributed by atoms with E-state index in [-0.39, 0.29) is 5.69 Å². The van der Waals surface area contributed by atoms with Crippen molar-refractivity contribution in [2.75, 3.05) is 0 Å². The molecule has 50 valence electrons. The van der Waals surface area contributed by atoms with Gasteiger partial charge in [-0.25, -0.2) is 0 Å². The van der Waals surface area contributed by atoms with Crippen molar-refractivity contribution in [3.8, 4) is 0 Å². The number of rotatable bonds is 0. The van der Waals surface area contributed by atoms with Crippen LogP contribution in [0.1, 0.15) is 5.56 Å². The number of diazo groups is 1. The zero-order chi connectivity index (χ0) is 7.56. The Morgan fingerprint density at radius 2 is 2.20 bits per heavy atom. The lowest BCUT2D eigenvalue weighted by Gasteiger charge is -1.85. The second-order valence-electron chi connectivity index (χ2n) is 2.05. The van der Waals surface area contributed by atoms with E-state index < -0.39 is 5.82 Å². The van der Waals surface area contributed by atoms with E-state index in [4.69, 9.17) is 5.39 Å². The highest BCUT2D eigenvalue weighted by atomic mass is 19.1. The Labute approximate surface area is 57.9 Å². The van der Waals surface area contributed by atoms with Gasteiger partial charge in [-0.05, 0) is 18.6 Å². The fourth-order valence-corrected chi connectivity index (χ4v) is 0.699. The standard InChI is InChI=1S/C7H6FN2/c1-5-2-3-6(8)7(4-5)10-9/h2-4H,1H3/q+1. The quantitative estimate of drug-likeness (QED) is 0.505. The molecule has 0 fully saturated rings. The van der Waals surface area contributed by atoms with Crippen LogP contribution in [0.5, 0.6) is 0 Å². The Hall–Kier alpha value is -1.43. The molecule has 0 atom stereocenters. The van der Waals surface area contributed by atoms with Crippen molar-refractivity contribution in [1.82, 2.24) is 0 Å². The molecule has 3 heteroatoms. The summed E-state index contributed by atoms with van der Waals surface area (Å²) in [5.74, 6) is -0.506. The second-order valence-corrected chi connectivity index (χ2v) is 2.05. The van der Waals surface area contributed by atoms with Gasteiger partial charge in [0.1, 0.15) is 0 Å². The monoisotopic (exact) mass is 137 g/mol. The molecule has 0 unspecified atom stereocenters. The zero-order valence-corrected chi connectivity index (χ0v) is 5.50. The van der Waals surface area contributed by atoms with Crippen molar-refractivity contribution in [3.63, 3.8) is 0 Å². The van der Waals surface area contributed by atoms with Gasteiger partial charge in [0.15, 0.2) is 4.98 Å². The maximum Gasteiger partial charge on any atom is 0.420 e. The molecule has 0 bridgehead atoms. The van der Waals surface area contributed by atoms with Crippen molar-refractivity contribution in [2.24, 2.45) is 0 Å². The Balaban J connectivity index is 3.25. The van der Waals surface area contributed by atoms with Crippen LogP contribution in [0.2, 0.25) is 0 Å². The maximum atomic E-state index is 12.5. The predicted molar refractivity (Wildman–Crippen MR) is 35.9 cm³/mol. The number of hydrogen-bond donors (Lipinski definition) is 0. The molecule has 10 heavy (non-hydrogen) atoms. The summed E-state index contributed by atoms with van der Waals surface area (Å²) in [6.45, 7) is 1.80. The molecular weight excluding hydrogens is 131 g/mol. The van der Waals surface area contributed by atoms with Crippen LogP contribution in [0.4, 0.5) is 10.1 Å². The van der Waals surface area contributed by atoms with E-state index >= 15 is 0 Å². The van der Waals surface area contributed by atoms with Gasteiger partial charge in [0.2, 0.25) is 11.2 Å². The molecular formula is C7H6FN2+. The summed E-state index contributed by atoms with van der Waals surface area (Å²) in [6, 6.07) is 4.35. The molecule has 0 saturated heterocycles. The summed E-state index contributed by atoms with van der Waals surface area (Å²) in [7, 11) is 0. The summed E-state index contributed by atoms with van der Waals surface area (Å²) in [4.78, 5) is 2.76. The van der Waals surface area contributed by atoms with E-state index in [9.17, 15) is 4.39 Å². The molecule has 1 aromatic rings. The summed E-state index contributed by atoms with van der Waals surface area (Å²) in [5.41, 5.74) is 0.856. The van der Waals surface area contributed by atoms with E-state index in [1.54, 1.807) is 13.0 Å². The SMILES string of the molecule is Cc1ccc(F)c([N+]#N)c1. The summed E-state index contributed by atoms with van der Waals surface area (Å²) < 4.78 is 12.5. The maximum absolute atomic E-state index is 12.5. The molecule has 0 aliphatic carbocycles. The average Bonchev–Trinajstić information content (AvgIpc) is 1.94. The third kappa shape index (κ3) is 1.11. The number of benzene rings is 1. The van der Waals surface area contributed by atoms with E-state index in [1.165, 1.54) is 12.1 Å². The van der Waals surface area contributed by atoms with Gasteiger partial charge in [0, 0.05) is 6.07 Å². The molecule has 0 aromatic heterocycles. The van der Waals surface area contributed by atoms with Gasteiger partial charge >= 0.3 is 5.69 Å². The molecule has 0 aliphatic heterocycles. The molecule has 0 spiro atoms.